The van der Waals surface area contributed by atoms with Crippen LogP contribution in [0.3, 0.4) is 0 Å². The molecule has 0 radical (unpaired) electrons. The summed E-state index contributed by atoms with van der Waals surface area (Å²) in [5, 5.41) is 22.5. The first-order valence-electron chi connectivity index (χ1n) is 5.40. The number of nitro groups is 1. The van der Waals surface area contributed by atoms with Gasteiger partial charge in [-0.1, -0.05) is 6.92 Å². The Morgan fingerprint density at radius 1 is 1.76 bits per heavy atom. The second-order valence-electron chi connectivity index (χ2n) is 4.31. The lowest BCUT2D eigenvalue weighted by Gasteiger charge is -2.05. The van der Waals surface area contributed by atoms with Crippen molar-refractivity contribution in [2.24, 2.45) is 11.8 Å². The van der Waals surface area contributed by atoms with E-state index in [0.717, 1.165) is 6.42 Å². The minimum absolute atomic E-state index is 0.141. The molecule has 0 bridgehead atoms. The summed E-state index contributed by atoms with van der Waals surface area (Å²) in [5.41, 5.74) is 0.0550. The molecule has 2 unspecified atom stereocenters. The molecule has 0 aliphatic heterocycles. The Hall–Kier alpha value is -2.16. The summed E-state index contributed by atoms with van der Waals surface area (Å²) < 4.78 is 0. The lowest BCUT2D eigenvalue weighted by atomic mass is 10.2. The number of pyridine rings is 1. The third kappa shape index (κ3) is 2.50. The number of aromatic nitrogens is 1. The Balaban J connectivity index is 2.15. The fraction of sp³-hybridized carbons (Fsp3) is 0.455. The summed E-state index contributed by atoms with van der Waals surface area (Å²) >= 11 is 0. The molecule has 1 aromatic rings. The molecule has 1 aliphatic rings. The molecule has 1 aliphatic carbocycles. The van der Waals surface area contributed by atoms with Crippen LogP contribution in [-0.4, -0.2) is 16.5 Å². The van der Waals surface area contributed by atoms with Crippen LogP contribution >= 0.6 is 0 Å². The number of nitriles is 1. The first-order valence-corrected chi connectivity index (χ1v) is 5.40. The third-order valence-corrected chi connectivity index (χ3v) is 3.00. The number of hydrogen-bond acceptors (Lipinski definition) is 5. The minimum Gasteiger partial charge on any atom is -0.364 e. The standard InChI is InChI=1S/C11H12N4O2/c1-7-2-9(7)6-14-11-10(15(16)17)3-8(4-12)5-13-11/h3,5,7,9H,2,6H2,1H3,(H,13,14). The fourth-order valence-corrected chi connectivity index (χ4v) is 1.70. The Labute approximate surface area is 98.4 Å². The van der Waals surface area contributed by atoms with Gasteiger partial charge in [-0.15, -0.1) is 0 Å². The average molecular weight is 232 g/mol. The highest BCUT2D eigenvalue weighted by molar-refractivity contribution is 5.58. The van der Waals surface area contributed by atoms with E-state index in [0.29, 0.717) is 18.4 Å². The van der Waals surface area contributed by atoms with E-state index in [1.807, 2.05) is 6.07 Å². The van der Waals surface area contributed by atoms with Gasteiger partial charge in [0.1, 0.15) is 6.07 Å². The second-order valence-corrected chi connectivity index (χ2v) is 4.31. The maximum absolute atomic E-state index is 10.8. The van der Waals surface area contributed by atoms with Gasteiger partial charge in [-0.05, 0) is 18.3 Å². The van der Waals surface area contributed by atoms with Crippen LogP contribution in [0, 0.1) is 33.3 Å². The largest absolute Gasteiger partial charge is 0.364 e. The molecule has 2 rings (SSSR count). The molecule has 88 valence electrons. The van der Waals surface area contributed by atoms with Crippen LogP contribution in [0.15, 0.2) is 12.3 Å². The number of anilines is 1. The molecule has 6 heteroatoms. The van der Waals surface area contributed by atoms with Crippen LogP contribution < -0.4 is 5.32 Å². The molecule has 17 heavy (non-hydrogen) atoms. The predicted molar refractivity (Wildman–Crippen MR) is 61.4 cm³/mol. The van der Waals surface area contributed by atoms with Gasteiger partial charge in [-0.2, -0.15) is 5.26 Å². The Bertz CT molecular complexity index is 495. The van der Waals surface area contributed by atoms with E-state index in [1.54, 1.807) is 0 Å². The van der Waals surface area contributed by atoms with Crippen LogP contribution in [0.2, 0.25) is 0 Å². The fourth-order valence-electron chi connectivity index (χ4n) is 1.70. The summed E-state index contributed by atoms with van der Waals surface area (Å²) in [6.45, 7) is 2.84. The molecule has 1 aromatic heterocycles. The van der Waals surface area contributed by atoms with E-state index >= 15 is 0 Å². The highest BCUT2D eigenvalue weighted by Crippen LogP contribution is 2.37. The molecular weight excluding hydrogens is 220 g/mol. The van der Waals surface area contributed by atoms with Crippen molar-refractivity contribution >= 4 is 11.5 Å². The smallest absolute Gasteiger partial charge is 0.312 e. The molecule has 6 nitrogen and oxygen atoms in total. The number of nitrogens with one attached hydrogen (secondary N) is 1. The molecule has 0 spiro atoms. The van der Waals surface area contributed by atoms with Gasteiger partial charge in [0.2, 0.25) is 5.82 Å². The van der Waals surface area contributed by atoms with Crippen LogP contribution in [0.4, 0.5) is 11.5 Å². The van der Waals surface area contributed by atoms with Crippen LogP contribution in [0.25, 0.3) is 0 Å². The van der Waals surface area contributed by atoms with Crippen LogP contribution in [0.5, 0.6) is 0 Å². The van der Waals surface area contributed by atoms with Crippen LogP contribution in [-0.2, 0) is 0 Å². The summed E-state index contributed by atoms with van der Waals surface area (Å²) in [5.74, 6) is 1.50. The molecular formula is C11H12N4O2. The van der Waals surface area contributed by atoms with Crippen LogP contribution in [0.1, 0.15) is 18.9 Å². The molecule has 1 N–H and O–H groups in total. The average Bonchev–Trinajstić information content (AvgIpc) is 3.02. The van der Waals surface area contributed by atoms with Gasteiger partial charge in [0.15, 0.2) is 0 Å². The highest BCUT2D eigenvalue weighted by Gasteiger charge is 2.32. The molecule has 2 atom stereocenters. The first-order chi connectivity index (χ1) is 8.11. The SMILES string of the molecule is CC1CC1CNc1ncc(C#N)cc1[N+](=O)[O-]. The van der Waals surface area contributed by atoms with Gasteiger partial charge in [0.25, 0.3) is 0 Å². The zero-order valence-corrected chi connectivity index (χ0v) is 9.38. The summed E-state index contributed by atoms with van der Waals surface area (Å²) in [6, 6.07) is 3.08. The lowest BCUT2D eigenvalue weighted by Crippen LogP contribution is -2.08. The van der Waals surface area contributed by atoms with Crippen molar-refractivity contribution in [3.63, 3.8) is 0 Å². The van der Waals surface area contributed by atoms with Gasteiger partial charge in [0, 0.05) is 18.8 Å². The number of rotatable bonds is 4. The van der Waals surface area contributed by atoms with Gasteiger partial charge in [0.05, 0.1) is 10.5 Å². The van der Waals surface area contributed by atoms with E-state index in [9.17, 15) is 10.1 Å². The van der Waals surface area contributed by atoms with Crippen molar-refractivity contribution in [2.45, 2.75) is 13.3 Å². The molecule has 0 aromatic carbocycles. The van der Waals surface area contributed by atoms with E-state index < -0.39 is 4.92 Å². The maximum Gasteiger partial charge on any atom is 0.312 e. The normalized spacial score (nSPS) is 21.6. The van der Waals surface area contributed by atoms with Crippen molar-refractivity contribution < 1.29 is 4.92 Å². The monoisotopic (exact) mass is 232 g/mol. The molecule has 0 amide bonds. The van der Waals surface area contributed by atoms with E-state index in [-0.39, 0.29) is 17.1 Å². The van der Waals surface area contributed by atoms with Crippen molar-refractivity contribution in [1.82, 2.24) is 4.98 Å². The number of nitrogens with zero attached hydrogens (tertiary/aromatic N) is 3. The molecule has 1 saturated carbocycles. The topological polar surface area (TPSA) is 91.8 Å². The molecule has 1 heterocycles. The second kappa shape index (κ2) is 4.37. The molecule has 0 saturated heterocycles. The summed E-state index contributed by atoms with van der Waals surface area (Å²) in [4.78, 5) is 14.2. The van der Waals surface area contributed by atoms with E-state index in [1.165, 1.54) is 12.3 Å². The molecule has 1 fully saturated rings. The van der Waals surface area contributed by atoms with Gasteiger partial charge in [-0.25, -0.2) is 4.98 Å². The predicted octanol–water partition coefficient (Wildman–Crippen LogP) is 1.93. The number of hydrogen-bond donors (Lipinski definition) is 1. The Kier molecular flexibility index (Phi) is 2.91. The van der Waals surface area contributed by atoms with Gasteiger partial charge >= 0.3 is 5.69 Å². The van der Waals surface area contributed by atoms with Crippen molar-refractivity contribution in [3.05, 3.63) is 27.9 Å². The van der Waals surface area contributed by atoms with E-state index in [2.05, 4.69) is 17.2 Å². The Morgan fingerprint density at radius 3 is 3.00 bits per heavy atom. The highest BCUT2D eigenvalue weighted by atomic mass is 16.6. The van der Waals surface area contributed by atoms with E-state index in [4.69, 9.17) is 5.26 Å². The quantitative estimate of drug-likeness (QED) is 0.632. The first kappa shape index (κ1) is 11.3. The van der Waals surface area contributed by atoms with Gasteiger partial charge in [-0.3, -0.25) is 10.1 Å². The van der Waals surface area contributed by atoms with Gasteiger partial charge < -0.3 is 5.32 Å². The Morgan fingerprint density at radius 2 is 2.47 bits per heavy atom. The van der Waals surface area contributed by atoms with Crippen molar-refractivity contribution in [3.8, 4) is 6.07 Å². The zero-order chi connectivity index (χ0) is 12.4. The summed E-state index contributed by atoms with van der Waals surface area (Å²) in [6.07, 6.45) is 2.49. The minimum atomic E-state index is -0.521. The third-order valence-electron chi connectivity index (χ3n) is 3.00. The summed E-state index contributed by atoms with van der Waals surface area (Å²) in [7, 11) is 0. The zero-order valence-electron chi connectivity index (χ0n) is 9.38. The van der Waals surface area contributed by atoms with Crippen molar-refractivity contribution in [1.29, 1.82) is 5.26 Å². The lowest BCUT2D eigenvalue weighted by molar-refractivity contribution is -0.384. The maximum atomic E-state index is 10.8. The van der Waals surface area contributed by atoms with Crippen molar-refractivity contribution in [2.75, 3.05) is 11.9 Å².